The Morgan fingerprint density at radius 2 is 2.03 bits per heavy atom. The molecule has 29 heavy (non-hydrogen) atoms. The van der Waals surface area contributed by atoms with Crippen LogP contribution in [-0.4, -0.2) is 58.4 Å². The molecule has 2 aromatic rings. The Balaban J connectivity index is 1.55. The van der Waals surface area contributed by atoms with Crippen molar-refractivity contribution in [2.24, 2.45) is 0 Å². The van der Waals surface area contributed by atoms with Gasteiger partial charge in [-0.2, -0.15) is 0 Å². The molecule has 2 amide bonds. The highest BCUT2D eigenvalue weighted by Crippen LogP contribution is 2.32. The van der Waals surface area contributed by atoms with E-state index in [1.165, 1.54) is 12.1 Å². The molecule has 0 bridgehead atoms. The fourth-order valence-corrected chi connectivity index (χ4v) is 4.11. The van der Waals surface area contributed by atoms with Crippen LogP contribution in [0.5, 0.6) is 0 Å². The highest BCUT2D eigenvalue weighted by molar-refractivity contribution is 5.82. The first kappa shape index (κ1) is 19.5. The van der Waals surface area contributed by atoms with Gasteiger partial charge in [-0.1, -0.05) is 18.2 Å². The van der Waals surface area contributed by atoms with Crippen molar-refractivity contribution in [2.45, 2.75) is 31.3 Å². The first-order valence-electron chi connectivity index (χ1n) is 9.85. The molecule has 1 atom stereocenters. The van der Waals surface area contributed by atoms with Gasteiger partial charge in [-0.25, -0.2) is 4.39 Å². The monoisotopic (exact) mass is 397 g/mol. The van der Waals surface area contributed by atoms with Crippen LogP contribution in [-0.2, 0) is 27.3 Å². The molecule has 1 unspecified atom stereocenters. The topological polar surface area (TPSA) is 62.7 Å². The predicted molar refractivity (Wildman–Crippen MR) is 104 cm³/mol. The summed E-state index contributed by atoms with van der Waals surface area (Å²) >= 11 is 0. The number of hydrogen-bond acceptors (Lipinski definition) is 4. The highest BCUT2D eigenvalue weighted by Gasteiger charge is 2.46. The summed E-state index contributed by atoms with van der Waals surface area (Å²) < 4.78 is 18.9. The van der Waals surface area contributed by atoms with E-state index in [2.05, 4.69) is 4.98 Å². The summed E-state index contributed by atoms with van der Waals surface area (Å²) in [5.74, 6) is -0.320. The Kier molecular flexibility index (Phi) is 5.58. The van der Waals surface area contributed by atoms with Crippen LogP contribution in [0.25, 0.3) is 0 Å². The van der Waals surface area contributed by atoms with Gasteiger partial charge in [0.25, 0.3) is 0 Å². The molecule has 0 N–H and O–H groups in total. The minimum atomic E-state index is -0.549. The molecule has 1 spiro atoms. The second-order valence-corrected chi connectivity index (χ2v) is 7.74. The van der Waals surface area contributed by atoms with Crippen molar-refractivity contribution < 1.29 is 18.7 Å². The normalized spacial score (nSPS) is 22.2. The van der Waals surface area contributed by atoms with Crippen LogP contribution < -0.4 is 0 Å². The van der Waals surface area contributed by atoms with Gasteiger partial charge in [0.05, 0.1) is 18.6 Å². The molecule has 1 aromatic carbocycles. The lowest BCUT2D eigenvalue weighted by Gasteiger charge is -2.40. The smallest absolute Gasteiger partial charge is 0.227 e. The summed E-state index contributed by atoms with van der Waals surface area (Å²) in [6.07, 6.45) is 4.57. The van der Waals surface area contributed by atoms with Crippen molar-refractivity contribution in [1.82, 2.24) is 14.8 Å². The van der Waals surface area contributed by atoms with Crippen LogP contribution in [0.4, 0.5) is 4.39 Å². The number of carbonyl (C=O) groups excluding carboxylic acids is 2. The van der Waals surface area contributed by atoms with Gasteiger partial charge in [-0.3, -0.25) is 14.6 Å². The molecular weight excluding hydrogens is 373 g/mol. The standard InChI is InChI=1S/C22H24FN3O3/c23-19-5-3-17(4-6-19)14-26-20(27)7-10-25(15-22(26)8-11-29-16-22)21(28)12-18-2-1-9-24-13-18/h1-6,9,13H,7-8,10-12,14-16H2. The Bertz CT molecular complexity index is 867. The molecule has 4 rings (SSSR count). The van der Waals surface area contributed by atoms with E-state index >= 15 is 0 Å². The SMILES string of the molecule is O=C(Cc1cccnc1)N1CCC(=O)N(Cc2ccc(F)cc2)C2(CCOC2)C1. The zero-order valence-corrected chi connectivity index (χ0v) is 16.2. The van der Waals surface area contributed by atoms with E-state index < -0.39 is 5.54 Å². The van der Waals surface area contributed by atoms with E-state index in [9.17, 15) is 14.0 Å². The van der Waals surface area contributed by atoms with Crippen LogP contribution in [0.1, 0.15) is 24.0 Å². The third kappa shape index (κ3) is 4.29. The molecule has 2 aliphatic heterocycles. The van der Waals surface area contributed by atoms with Crippen LogP contribution in [0.15, 0.2) is 48.8 Å². The van der Waals surface area contributed by atoms with Crippen molar-refractivity contribution in [3.05, 3.63) is 65.7 Å². The van der Waals surface area contributed by atoms with E-state index in [0.717, 1.165) is 11.1 Å². The molecule has 1 aromatic heterocycles. The number of ether oxygens (including phenoxy) is 1. The predicted octanol–water partition coefficient (Wildman–Crippen LogP) is 2.18. The number of rotatable bonds is 4. The average Bonchev–Trinajstić information content (AvgIpc) is 3.15. The number of carbonyl (C=O) groups is 2. The van der Waals surface area contributed by atoms with Crippen LogP contribution in [0.3, 0.4) is 0 Å². The van der Waals surface area contributed by atoms with Crippen molar-refractivity contribution in [3.63, 3.8) is 0 Å². The van der Waals surface area contributed by atoms with Crippen LogP contribution in [0, 0.1) is 5.82 Å². The summed E-state index contributed by atoms with van der Waals surface area (Å²) in [5, 5.41) is 0. The third-order valence-corrected chi connectivity index (χ3v) is 5.72. The van der Waals surface area contributed by atoms with Gasteiger partial charge in [-0.15, -0.1) is 0 Å². The second kappa shape index (κ2) is 8.29. The van der Waals surface area contributed by atoms with Gasteiger partial charge >= 0.3 is 0 Å². The van der Waals surface area contributed by atoms with E-state index in [4.69, 9.17) is 4.74 Å². The Morgan fingerprint density at radius 1 is 1.21 bits per heavy atom. The fourth-order valence-electron chi connectivity index (χ4n) is 4.11. The lowest BCUT2D eigenvalue weighted by atomic mass is 9.94. The maximum absolute atomic E-state index is 13.3. The van der Waals surface area contributed by atoms with Crippen molar-refractivity contribution in [2.75, 3.05) is 26.3 Å². The largest absolute Gasteiger partial charge is 0.379 e. The fraction of sp³-hybridized carbons (Fsp3) is 0.409. The minimum absolute atomic E-state index is 0.00324. The summed E-state index contributed by atoms with van der Waals surface area (Å²) in [5.41, 5.74) is 1.17. The lowest BCUT2D eigenvalue weighted by molar-refractivity contribution is -0.138. The summed E-state index contributed by atoms with van der Waals surface area (Å²) in [4.78, 5) is 33.7. The zero-order chi connectivity index (χ0) is 20.3. The molecule has 152 valence electrons. The first-order valence-corrected chi connectivity index (χ1v) is 9.85. The van der Waals surface area contributed by atoms with E-state index in [1.54, 1.807) is 29.4 Å². The highest BCUT2D eigenvalue weighted by atomic mass is 19.1. The first-order chi connectivity index (χ1) is 14.1. The molecule has 0 aliphatic carbocycles. The van der Waals surface area contributed by atoms with Crippen LogP contribution in [0.2, 0.25) is 0 Å². The van der Waals surface area contributed by atoms with Gasteiger partial charge in [0.15, 0.2) is 0 Å². The molecule has 2 saturated heterocycles. The Morgan fingerprint density at radius 3 is 2.72 bits per heavy atom. The van der Waals surface area contributed by atoms with Gasteiger partial charge in [0.2, 0.25) is 11.8 Å². The molecule has 2 fully saturated rings. The number of nitrogens with zero attached hydrogens (tertiary/aromatic N) is 3. The number of halogens is 1. The van der Waals surface area contributed by atoms with Crippen LogP contribution >= 0.6 is 0 Å². The van der Waals surface area contributed by atoms with Crippen molar-refractivity contribution in [1.29, 1.82) is 0 Å². The van der Waals surface area contributed by atoms with Gasteiger partial charge in [-0.05, 0) is 35.7 Å². The molecule has 0 radical (unpaired) electrons. The zero-order valence-electron chi connectivity index (χ0n) is 16.2. The average molecular weight is 397 g/mol. The van der Waals surface area contributed by atoms with Gasteiger partial charge in [0.1, 0.15) is 5.82 Å². The summed E-state index contributed by atoms with van der Waals surface area (Å²) in [6, 6.07) is 9.89. The van der Waals surface area contributed by atoms with Crippen molar-refractivity contribution in [3.8, 4) is 0 Å². The molecule has 7 heteroatoms. The lowest BCUT2D eigenvalue weighted by Crippen LogP contribution is -2.56. The summed E-state index contributed by atoms with van der Waals surface area (Å²) in [7, 11) is 0. The van der Waals surface area contributed by atoms with E-state index in [1.807, 2.05) is 17.0 Å². The molecule has 0 saturated carbocycles. The molecule has 3 heterocycles. The number of amides is 2. The van der Waals surface area contributed by atoms with Gasteiger partial charge in [0, 0.05) is 45.1 Å². The molecule has 2 aliphatic rings. The number of aromatic nitrogens is 1. The van der Waals surface area contributed by atoms with Gasteiger partial charge < -0.3 is 14.5 Å². The van der Waals surface area contributed by atoms with Crippen molar-refractivity contribution >= 4 is 11.8 Å². The Hall–Kier alpha value is -2.80. The molecule has 6 nitrogen and oxygen atoms in total. The quantitative estimate of drug-likeness (QED) is 0.794. The Labute approximate surface area is 169 Å². The number of benzene rings is 1. The molecular formula is C22H24FN3O3. The van der Waals surface area contributed by atoms with E-state index in [-0.39, 0.29) is 30.5 Å². The summed E-state index contributed by atoms with van der Waals surface area (Å²) in [6.45, 7) is 2.17. The second-order valence-electron chi connectivity index (χ2n) is 7.74. The maximum atomic E-state index is 13.3. The third-order valence-electron chi connectivity index (χ3n) is 5.72. The number of pyridine rings is 1. The minimum Gasteiger partial charge on any atom is -0.379 e. The maximum Gasteiger partial charge on any atom is 0.227 e. The van der Waals surface area contributed by atoms with E-state index in [0.29, 0.717) is 39.3 Å². The number of hydrogen-bond donors (Lipinski definition) is 0.